The number of rotatable bonds is 4. The Kier molecular flexibility index (Phi) is 4.88. The molecule has 0 aliphatic heterocycles. The zero-order valence-corrected chi connectivity index (χ0v) is 14.1. The van der Waals surface area contributed by atoms with Gasteiger partial charge in [-0.3, -0.25) is 0 Å². The minimum absolute atomic E-state index is 0.0822. The Balaban J connectivity index is 2.40. The van der Waals surface area contributed by atoms with Crippen molar-refractivity contribution in [2.75, 3.05) is 14.2 Å². The van der Waals surface area contributed by atoms with Crippen molar-refractivity contribution < 1.29 is 13.9 Å². The maximum absolute atomic E-state index is 13.8. The maximum Gasteiger partial charge on any atom is 0.165 e. The Labute approximate surface area is 133 Å². The second-order valence-corrected chi connectivity index (χ2v) is 5.86. The topological polar surface area (TPSA) is 18.5 Å². The molecule has 0 aliphatic carbocycles. The summed E-state index contributed by atoms with van der Waals surface area (Å²) in [5, 5.41) is 0. The molecule has 112 valence electrons. The first-order chi connectivity index (χ1) is 9.97. The van der Waals surface area contributed by atoms with Gasteiger partial charge in [-0.15, -0.1) is 0 Å². The van der Waals surface area contributed by atoms with Crippen LogP contribution in [0.3, 0.4) is 0 Å². The second kappa shape index (κ2) is 6.48. The van der Waals surface area contributed by atoms with E-state index in [1.807, 2.05) is 32.0 Å². The highest BCUT2D eigenvalue weighted by molar-refractivity contribution is 9.09. The van der Waals surface area contributed by atoms with Crippen molar-refractivity contribution in [1.82, 2.24) is 0 Å². The van der Waals surface area contributed by atoms with Gasteiger partial charge in [0.2, 0.25) is 0 Å². The van der Waals surface area contributed by atoms with Crippen LogP contribution in [-0.2, 0) is 0 Å². The molecule has 2 aromatic carbocycles. The van der Waals surface area contributed by atoms with Crippen molar-refractivity contribution in [3.05, 3.63) is 58.4 Å². The smallest absolute Gasteiger partial charge is 0.165 e. The SMILES string of the molecule is COc1ccc(C(Br)c2cc(C)c(OC)c(C)c2)cc1F. The fourth-order valence-corrected chi connectivity index (χ4v) is 3.03. The summed E-state index contributed by atoms with van der Waals surface area (Å²) in [7, 11) is 3.12. The van der Waals surface area contributed by atoms with E-state index < -0.39 is 0 Å². The number of methoxy groups -OCH3 is 2. The molecule has 1 unspecified atom stereocenters. The lowest BCUT2D eigenvalue weighted by molar-refractivity contribution is 0.386. The van der Waals surface area contributed by atoms with Crippen LogP contribution in [0.15, 0.2) is 30.3 Å². The van der Waals surface area contributed by atoms with Gasteiger partial charge in [0, 0.05) is 0 Å². The Hall–Kier alpha value is -1.55. The summed E-state index contributed by atoms with van der Waals surface area (Å²) in [5.41, 5.74) is 4.03. The van der Waals surface area contributed by atoms with Crippen LogP contribution in [0.2, 0.25) is 0 Å². The van der Waals surface area contributed by atoms with E-state index >= 15 is 0 Å². The number of ether oxygens (including phenoxy) is 2. The lowest BCUT2D eigenvalue weighted by atomic mass is 9.99. The predicted molar refractivity (Wildman–Crippen MR) is 86.2 cm³/mol. The van der Waals surface area contributed by atoms with Crippen molar-refractivity contribution in [3.63, 3.8) is 0 Å². The van der Waals surface area contributed by atoms with Crippen LogP contribution in [0.25, 0.3) is 0 Å². The highest BCUT2D eigenvalue weighted by atomic mass is 79.9. The van der Waals surface area contributed by atoms with Crippen LogP contribution in [-0.4, -0.2) is 14.2 Å². The third-order valence-electron chi connectivity index (χ3n) is 3.45. The van der Waals surface area contributed by atoms with Gasteiger partial charge in [-0.2, -0.15) is 0 Å². The summed E-state index contributed by atoms with van der Waals surface area (Å²) in [6.07, 6.45) is 0. The molecule has 0 saturated carbocycles. The van der Waals surface area contributed by atoms with Crippen molar-refractivity contribution in [1.29, 1.82) is 0 Å². The zero-order valence-electron chi connectivity index (χ0n) is 12.5. The second-order valence-electron chi connectivity index (χ2n) is 4.94. The maximum atomic E-state index is 13.8. The molecule has 0 amide bonds. The summed E-state index contributed by atoms with van der Waals surface area (Å²) < 4.78 is 24.2. The third kappa shape index (κ3) is 3.21. The molecule has 0 heterocycles. The molecule has 0 aromatic heterocycles. The molecule has 21 heavy (non-hydrogen) atoms. The minimum atomic E-state index is -0.360. The third-order valence-corrected chi connectivity index (χ3v) is 4.51. The zero-order chi connectivity index (χ0) is 15.6. The first-order valence-corrected chi connectivity index (χ1v) is 7.52. The summed E-state index contributed by atoms with van der Waals surface area (Å²) in [6, 6.07) is 9.09. The van der Waals surface area contributed by atoms with E-state index in [0.717, 1.165) is 28.0 Å². The van der Waals surface area contributed by atoms with E-state index in [0.29, 0.717) is 0 Å². The van der Waals surface area contributed by atoms with Crippen molar-refractivity contribution >= 4 is 15.9 Å². The normalized spacial score (nSPS) is 12.1. The standard InChI is InChI=1S/C17H18BrFO2/c1-10-7-13(8-11(2)17(10)21-4)16(18)12-5-6-15(20-3)14(19)9-12/h5-9,16H,1-4H3. The Bertz CT molecular complexity index is 632. The van der Waals surface area contributed by atoms with Gasteiger partial charge in [0.25, 0.3) is 0 Å². The molecule has 0 spiro atoms. The van der Waals surface area contributed by atoms with Crippen LogP contribution >= 0.6 is 15.9 Å². The van der Waals surface area contributed by atoms with Gasteiger partial charge in [0.05, 0.1) is 19.0 Å². The molecule has 0 saturated heterocycles. The van der Waals surface area contributed by atoms with Crippen LogP contribution in [0.1, 0.15) is 27.1 Å². The molecule has 0 N–H and O–H groups in total. The number of hydrogen-bond donors (Lipinski definition) is 0. The number of alkyl halides is 1. The number of halogens is 2. The first-order valence-electron chi connectivity index (χ1n) is 6.60. The van der Waals surface area contributed by atoms with Gasteiger partial charge in [-0.1, -0.05) is 34.1 Å². The van der Waals surface area contributed by atoms with Gasteiger partial charge in [-0.05, 0) is 48.2 Å². The van der Waals surface area contributed by atoms with Crippen molar-refractivity contribution in [2.45, 2.75) is 18.7 Å². The fraction of sp³-hybridized carbons (Fsp3) is 0.294. The van der Waals surface area contributed by atoms with E-state index in [1.54, 1.807) is 13.2 Å². The first kappa shape index (κ1) is 15.8. The fourth-order valence-electron chi connectivity index (χ4n) is 2.48. The molecule has 0 bridgehead atoms. The van der Waals surface area contributed by atoms with E-state index in [4.69, 9.17) is 9.47 Å². The van der Waals surface area contributed by atoms with Crippen LogP contribution in [0.4, 0.5) is 4.39 Å². The summed E-state index contributed by atoms with van der Waals surface area (Å²) in [5.74, 6) is 0.779. The van der Waals surface area contributed by atoms with Gasteiger partial charge in [0.15, 0.2) is 11.6 Å². The predicted octanol–water partition coefficient (Wildman–Crippen LogP) is 4.94. The van der Waals surface area contributed by atoms with Gasteiger partial charge in [0.1, 0.15) is 5.75 Å². The molecule has 1 atom stereocenters. The Morgan fingerprint density at radius 1 is 0.952 bits per heavy atom. The molecule has 0 aliphatic rings. The van der Waals surface area contributed by atoms with Gasteiger partial charge >= 0.3 is 0 Å². The lowest BCUT2D eigenvalue weighted by Crippen LogP contribution is -1.99. The van der Waals surface area contributed by atoms with Crippen molar-refractivity contribution in [2.24, 2.45) is 0 Å². The molecule has 0 radical (unpaired) electrons. The molecular weight excluding hydrogens is 335 g/mol. The van der Waals surface area contributed by atoms with Gasteiger partial charge < -0.3 is 9.47 Å². The number of hydrogen-bond acceptors (Lipinski definition) is 2. The highest BCUT2D eigenvalue weighted by Gasteiger charge is 2.15. The highest BCUT2D eigenvalue weighted by Crippen LogP contribution is 2.36. The monoisotopic (exact) mass is 352 g/mol. The Morgan fingerprint density at radius 3 is 2.05 bits per heavy atom. The number of benzene rings is 2. The average Bonchev–Trinajstić information content (AvgIpc) is 2.46. The summed E-state index contributed by atoms with van der Waals surface area (Å²) in [4.78, 5) is -0.0822. The largest absolute Gasteiger partial charge is 0.496 e. The van der Waals surface area contributed by atoms with E-state index in [9.17, 15) is 4.39 Å². The molecule has 0 fully saturated rings. The summed E-state index contributed by atoms with van der Waals surface area (Å²) >= 11 is 3.64. The van der Waals surface area contributed by atoms with E-state index in [1.165, 1.54) is 13.2 Å². The van der Waals surface area contributed by atoms with Crippen LogP contribution in [0.5, 0.6) is 11.5 Å². The van der Waals surface area contributed by atoms with Crippen LogP contribution < -0.4 is 9.47 Å². The average molecular weight is 353 g/mol. The Morgan fingerprint density at radius 2 is 1.57 bits per heavy atom. The molecule has 2 rings (SSSR count). The number of aryl methyl sites for hydroxylation is 2. The molecule has 2 nitrogen and oxygen atoms in total. The van der Waals surface area contributed by atoms with Crippen molar-refractivity contribution in [3.8, 4) is 11.5 Å². The van der Waals surface area contributed by atoms with E-state index in [2.05, 4.69) is 15.9 Å². The molecule has 4 heteroatoms. The van der Waals surface area contributed by atoms with E-state index in [-0.39, 0.29) is 16.4 Å². The summed E-state index contributed by atoms with van der Waals surface area (Å²) in [6.45, 7) is 4.01. The lowest BCUT2D eigenvalue weighted by Gasteiger charge is -2.16. The molecule has 2 aromatic rings. The minimum Gasteiger partial charge on any atom is -0.496 e. The van der Waals surface area contributed by atoms with Gasteiger partial charge in [-0.25, -0.2) is 4.39 Å². The quantitative estimate of drug-likeness (QED) is 0.725. The van der Waals surface area contributed by atoms with Crippen LogP contribution in [0, 0.1) is 19.7 Å². The molecular formula is C17H18BrFO2.